The Kier molecular flexibility index (Phi) is 2.85. The number of nitrogens with zero attached hydrogens (tertiary/aromatic N) is 2. The number of ether oxygens (including phenoxy) is 1. The molecule has 0 bridgehead atoms. The van der Waals surface area contributed by atoms with Gasteiger partial charge in [0.05, 0.1) is 12.3 Å². The molecule has 6 heteroatoms. The van der Waals surface area contributed by atoms with Crippen molar-refractivity contribution in [3.63, 3.8) is 0 Å². The molecule has 0 aliphatic carbocycles. The minimum absolute atomic E-state index is 0.0884. The molecule has 1 aromatic heterocycles. The number of hydrogen-bond donors (Lipinski definition) is 2. The molecule has 0 saturated carbocycles. The average molecular weight is 197 g/mol. The maximum absolute atomic E-state index is 10.8. The number of aromatic hydroxyl groups is 1. The zero-order valence-corrected chi connectivity index (χ0v) is 7.89. The number of aromatic nitrogens is 2. The lowest BCUT2D eigenvalue weighted by Crippen LogP contribution is -2.15. The van der Waals surface area contributed by atoms with E-state index in [4.69, 9.17) is 15.6 Å². The normalized spacial score (nSPS) is 10.2. The first-order valence-corrected chi connectivity index (χ1v) is 4.03. The van der Waals surface area contributed by atoms with Crippen LogP contribution in [-0.2, 0) is 0 Å². The first-order valence-electron chi connectivity index (χ1n) is 4.03. The fraction of sp³-hybridized carbons (Fsp3) is 0.375. The molecule has 1 heterocycles. The second-order valence-corrected chi connectivity index (χ2v) is 2.91. The van der Waals surface area contributed by atoms with Gasteiger partial charge in [0.25, 0.3) is 5.91 Å². The van der Waals surface area contributed by atoms with Crippen molar-refractivity contribution in [2.75, 3.05) is 0 Å². The molecule has 0 unspecified atom stereocenters. The molecule has 1 amide bonds. The molecule has 3 N–H and O–H groups in total. The first-order chi connectivity index (χ1) is 6.50. The third-order valence-corrected chi connectivity index (χ3v) is 1.32. The summed E-state index contributed by atoms with van der Waals surface area (Å²) in [5.74, 6) is -1.18. The van der Waals surface area contributed by atoms with Gasteiger partial charge in [-0.3, -0.25) is 4.79 Å². The van der Waals surface area contributed by atoms with Gasteiger partial charge < -0.3 is 15.6 Å². The topological polar surface area (TPSA) is 98.3 Å². The van der Waals surface area contributed by atoms with Crippen LogP contribution in [0.25, 0.3) is 0 Å². The van der Waals surface area contributed by atoms with E-state index in [0.29, 0.717) is 0 Å². The summed E-state index contributed by atoms with van der Waals surface area (Å²) in [6, 6.07) is 0. The van der Waals surface area contributed by atoms with Gasteiger partial charge in [0.15, 0.2) is 5.69 Å². The second kappa shape index (κ2) is 3.91. The molecule has 0 aliphatic heterocycles. The number of carbonyl (C=O) groups excluding carboxylic acids is 1. The molecule has 0 spiro atoms. The summed E-state index contributed by atoms with van der Waals surface area (Å²) < 4.78 is 5.17. The van der Waals surface area contributed by atoms with E-state index in [1.807, 2.05) is 0 Å². The van der Waals surface area contributed by atoms with Gasteiger partial charge in [-0.2, -0.15) is 0 Å². The second-order valence-electron chi connectivity index (χ2n) is 2.91. The smallest absolute Gasteiger partial charge is 0.273 e. The number of nitrogens with two attached hydrogens (primary N) is 1. The van der Waals surface area contributed by atoms with Crippen molar-refractivity contribution < 1.29 is 14.6 Å². The Hall–Kier alpha value is -1.85. The molecule has 0 radical (unpaired) electrons. The van der Waals surface area contributed by atoms with Gasteiger partial charge in [-0.15, -0.1) is 0 Å². The van der Waals surface area contributed by atoms with Crippen LogP contribution in [0.5, 0.6) is 11.8 Å². The number of amides is 1. The van der Waals surface area contributed by atoms with Crippen LogP contribution in [0.4, 0.5) is 0 Å². The Morgan fingerprint density at radius 2 is 2.29 bits per heavy atom. The summed E-state index contributed by atoms with van der Waals surface area (Å²) >= 11 is 0. The third kappa shape index (κ3) is 2.32. The SMILES string of the molecule is CC(C)Oc1cnc(O)c(C(N)=O)n1. The first kappa shape index (κ1) is 10.2. The molecule has 0 atom stereocenters. The quantitative estimate of drug-likeness (QED) is 0.714. The van der Waals surface area contributed by atoms with Crippen molar-refractivity contribution in [3.8, 4) is 11.8 Å². The van der Waals surface area contributed by atoms with Crippen LogP contribution < -0.4 is 10.5 Å². The molecule has 14 heavy (non-hydrogen) atoms. The maximum atomic E-state index is 10.8. The standard InChI is InChI=1S/C8H11N3O3/c1-4(2)14-5-3-10-8(13)6(11-5)7(9)12/h3-4H,1-2H3,(H2,9,12)(H,10,13). The highest BCUT2D eigenvalue weighted by atomic mass is 16.5. The van der Waals surface area contributed by atoms with Crippen LogP contribution in [0, 0.1) is 0 Å². The van der Waals surface area contributed by atoms with Crippen LogP contribution in [0.3, 0.4) is 0 Å². The van der Waals surface area contributed by atoms with E-state index in [9.17, 15) is 4.79 Å². The van der Waals surface area contributed by atoms with Crippen LogP contribution in [0.1, 0.15) is 24.3 Å². The van der Waals surface area contributed by atoms with E-state index >= 15 is 0 Å². The average Bonchev–Trinajstić information content (AvgIpc) is 2.07. The van der Waals surface area contributed by atoms with Crippen molar-refractivity contribution in [1.82, 2.24) is 9.97 Å². The van der Waals surface area contributed by atoms with Gasteiger partial charge >= 0.3 is 0 Å². The highest BCUT2D eigenvalue weighted by Gasteiger charge is 2.12. The zero-order chi connectivity index (χ0) is 10.7. The lowest BCUT2D eigenvalue weighted by atomic mass is 10.4. The molecule has 0 fully saturated rings. The van der Waals surface area contributed by atoms with Crippen LogP contribution in [0.15, 0.2) is 6.20 Å². The van der Waals surface area contributed by atoms with E-state index in [-0.39, 0.29) is 17.7 Å². The lowest BCUT2D eigenvalue weighted by Gasteiger charge is -2.08. The fourth-order valence-electron chi connectivity index (χ4n) is 0.830. The van der Waals surface area contributed by atoms with Crippen molar-refractivity contribution >= 4 is 5.91 Å². The predicted octanol–water partition coefficient (Wildman–Crippen LogP) is 0.0683. The van der Waals surface area contributed by atoms with Crippen LogP contribution >= 0.6 is 0 Å². The van der Waals surface area contributed by atoms with Gasteiger partial charge in [-0.05, 0) is 13.8 Å². The Bertz CT molecular complexity index is 352. The Labute approximate surface area is 80.7 Å². The van der Waals surface area contributed by atoms with Crippen LogP contribution in [0.2, 0.25) is 0 Å². The van der Waals surface area contributed by atoms with Crippen molar-refractivity contribution in [3.05, 3.63) is 11.9 Å². The minimum atomic E-state index is -0.843. The zero-order valence-electron chi connectivity index (χ0n) is 7.89. The molecule has 0 aliphatic rings. The summed E-state index contributed by atoms with van der Waals surface area (Å²) in [7, 11) is 0. The molecule has 76 valence electrons. The van der Waals surface area contributed by atoms with Crippen molar-refractivity contribution in [2.24, 2.45) is 5.73 Å². The largest absolute Gasteiger partial charge is 0.492 e. The van der Waals surface area contributed by atoms with E-state index in [1.165, 1.54) is 6.20 Å². The number of primary amides is 1. The minimum Gasteiger partial charge on any atom is -0.492 e. The summed E-state index contributed by atoms with van der Waals surface area (Å²) in [6.45, 7) is 3.61. The Morgan fingerprint density at radius 1 is 1.64 bits per heavy atom. The van der Waals surface area contributed by atoms with E-state index in [0.717, 1.165) is 0 Å². The lowest BCUT2D eigenvalue weighted by molar-refractivity contribution is 0.0989. The van der Waals surface area contributed by atoms with E-state index < -0.39 is 11.8 Å². The highest BCUT2D eigenvalue weighted by molar-refractivity contribution is 5.92. The Balaban J connectivity index is 3.00. The third-order valence-electron chi connectivity index (χ3n) is 1.32. The molecule has 1 rings (SSSR count). The predicted molar refractivity (Wildman–Crippen MR) is 48.0 cm³/mol. The van der Waals surface area contributed by atoms with Gasteiger partial charge in [0.2, 0.25) is 11.8 Å². The maximum Gasteiger partial charge on any atom is 0.273 e. The molecule has 6 nitrogen and oxygen atoms in total. The molecule has 0 aromatic carbocycles. The van der Waals surface area contributed by atoms with E-state index in [1.54, 1.807) is 13.8 Å². The number of hydrogen-bond acceptors (Lipinski definition) is 5. The highest BCUT2D eigenvalue weighted by Crippen LogP contribution is 2.15. The fourth-order valence-corrected chi connectivity index (χ4v) is 0.830. The molecule has 1 aromatic rings. The molecular weight excluding hydrogens is 186 g/mol. The summed E-state index contributed by atoms with van der Waals surface area (Å²) in [6.07, 6.45) is 1.14. The summed E-state index contributed by atoms with van der Waals surface area (Å²) in [5, 5.41) is 9.11. The molecule has 0 saturated heterocycles. The monoisotopic (exact) mass is 197 g/mol. The van der Waals surface area contributed by atoms with Crippen LogP contribution in [-0.4, -0.2) is 27.1 Å². The van der Waals surface area contributed by atoms with E-state index in [2.05, 4.69) is 9.97 Å². The number of carbonyl (C=O) groups is 1. The summed E-state index contributed by atoms with van der Waals surface area (Å²) in [4.78, 5) is 18.0. The van der Waals surface area contributed by atoms with Crippen molar-refractivity contribution in [1.29, 1.82) is 0 Å². The van der Waals surface area contributed by atoms with Gasteiger partial charge in [0.1, 0.15) is 0 Å². The van der Waals surface area contributed by atoms with Gasteiger partial charge in [0, 0.05) is 0 Å². The summed E-state index contributed by atoms with van der Waals surface area (Å²) in [5.41, 5.74) is 4.67. The van der Waals surface area contributed by atoms with Crippen molar-refractivity contribution in [2.45, 2.75) is 20.0 Å². The Morgan fingerprint density at radius 3 is 2.79 bits per heavy atom. The van der Waals surface area contributed by atoms with Gasteiger partial charge in [-0.1, -0.05) is 0 Å². The van der Waals surface area contributed by atoms with Gasteiger partial charge in [-0.25, -0.2) is 9.97 Å². The molecular formula is C8H11N3O3. The number of rotatable bonds is 3.